The molecule has 0 aliphatic carbocycles. The number of carbonyl (C=O) groups excluding carboxylic acids is 1. The molecular formula is C27H32N2O4S. The largest absolute Gasteiger partial charge is 0.495 e. The Morgan fingerprint density at radius 1 is 0.941 bits per heavy atom. The van der Waals surface area contributed by atoms with E-state index in [1.807, 2.05) is 82.3 Å². The summed E-state index contributed by atoms with van der Waals surface area (Å²) >= 11 is 0. The maximum absolute atomic E-state index is 13.5. The number of hydrogen-bond donors (Lipinski definition) is 2. The average molecular weight is 481 g/mol. The first-order chi connectivity index (χ1) is 16.1. The average Bonchev–Trinajstić information content (AvgIpc) is 2.81. The van der Waals surface area contributed by atoms with Crippen molar-refractivity contribution in [3.8, 4) is 5.75 Å². The standard InChI is InChI=1S/C27H32N2O4S/c1-18(2)22-14-15-24(33-5)25(17-22)34(31,32)29-23(16-21-12-7-6-8-13-21)27(30)28-26-19(3)10-9-11-20(26)4/h6-15,17-18,23,29H,16H2,1-5H3,(H,28,30). The van der Waals surface area contributed by atoms with Gasteiger partial charge in [-0.25, -0.2) is 8.42 Å². The fourth-order valence-electron chi connectivity index (χ4n) is 3.77. The lowest BCUT2D eigenvalue weighted by molar-refractivity contribution is -0.117. The van der Waals surface area contributed by atoms with Crippen LogP contribution >= 0.6 is 0 Å². The van der Waals surface area contributed by atoms with Crippen molar-refractivity contribution >= 4 is 21.6 Å². The van der Waals surface area contributed by atoms with Crippen LogP contribution in [0.1, 0.15) is 42.0 Å². The minimum atomic E-state index is -4.07. The van der Waals surface area contributed by atoms with Gasteiger partial charge in [0.25, 0.3) is 0 Å². The molecule has 2 N–H and O–H groups in total. The number of anilines is 1. The first-order valence-corrected chi connectivity index (χ1v) is 12.7. The van der Waals surface area contributed by atoms with Gasteiger partial charge in [-0.15, -0.1) is 0 Å². The van der Waals surface area contributed by atoms with Gasteiger partial charge in [0, 0.05) is 5.69 Å². The lowest BCUT2D eigenvalue weighted by Crippen LogP contribution is -2.45. The van der Waals surface area contributed by atoms with E-state index in [1.165, 1.54) is 7.11 Å². The summed E-state index contributed by atoms with van der Waals surface area (Å²) < 4.78 is 35.0. The van der Waals surface area contributed by atoms with Crippen LogP contribution in [0.2, 0.25) is 0 Å². The fourth-order valence-corrected chi connectivity index (χ4v) is 5.17. The van der Waals surface area contributed by atoms with E-state index in [4.69, 9.17) is 4.74 Å². The summed E-state index contributed by atoms with van der Waals surface area (Å²) in [6.07, 6.45) is 0.197. The molecule has 1 unspecified atom stereocenters. The van der Waals surface area contributed by atoms with Gasteiger partial charge < -0.3 is 10.1 Å². The third kappa shape index (κ3) is 6.04. The molecule has 3 aromatic rings. The van der Waals surface area contributed by atoms with Gasteiger partial charge in [-0.3, -0.25) is 4.79 Å². The minimum Gasteiger partial charge on any atom is -0.495 e. The Balaban J connectivity index is 1.98. The molecule has 3 rings (SSSR count). The molecule has 3 aromatic carbocycles. The zero-order chi connectivity index (χ0) is 24.9. The smallest absolute Gasteiger partial charge is 0.245 e. The lowest BCUT2D eigenvalue weighted by atomic mass is 10.0. The molecule has 0 bridgehead atoms. The highest BCUT2D eigenvalue weighted by Gasteiger charge is 2.29. The van der Waals surface area contributed by atoms with Crippen molar-refractivity contribution < 1.29 is 17.9 Å². The maximum Gasteiger partial charge on any atom is 0.245 e. The number of nitrogens with one attached hydrogen (secondary N) is 2. The van der Waals surface area contributed by atoms with Crippen LogP contribution in [0.5, 0.6) is 5.75 Å². The van der Waals surface area contributed by atoms with Crippen molar-refractivity contribution in [3.63, 3.8) is 0 Å². The number of aryl methyl sites for hydroxylation is 2. The first-order valence-electron chi connectivity index (χ1n) is 11.2. The second-order valence-corrected chi connectivity index (χ2v) is 10.4. The molecule has 0 radical (unpaired) electrons. The molecule has 1 amide bonds. The molecule has 180 valence electrons. The van der Waals surface area contributed by atoms with Crippen molar-refractivity contribution in [2.24, 2.45) is 0 Å². The fraction of sp³-hybridized carbons (Fsp3) is 0.296. The van der Waals surface area contributed by atoms with E-state index < -0.39 is 22.0 Å². The highest BCUT2D eigenvalue weighted by atomic mass is 32.2. The summed E-state index contributed by atoms with van der Waals surface area (Å²) in [5, 5.41) is 2.93. The van der Waals surface area contributed by atoms with Crippen molar-refractivity contribution in [2.75, 3.05) is 12.4 Å². The number of methoxy groups -OCH3 is 1. The van der Waals surface area contributed by atoms with Crippen molar-refractivity contribution in [1.29, 1.82) is 0 Å². The number of ether oxygens (including phenoxy) is 1. The second-order valence-electron chi connectivity index (χ2n) is 8.68. The Labute approximate surface area is 202 Å². The molecule has 0 saturated carbocycles. The van der Waals surface area contributed by atoms with E-state index in [1.54, 1.807) is 12.1 Å². The molecule has 0 aromatic heterocycles. The summed E-state index contributed by atoms with van der Waals surface area (Å²) in [5.74, 6) is -0.0679. The number of hydrogen-bond acceptors (Lipinski definition) is 4. The topological polar surface area (TPSA) is 84.5 Å². The Bertz CT molecular complexity index is 1230. The molecule has 6 nitrogen and oxygen atoms in total. The van der Waals surface area contributed by atoms with E-state index in [-0.39, 0.29) is 23.0 Å². The van der Waals surface area contributed by atoms with Gasteiger partial charge in [-0.05, 0) is 60.6 Å². The van der Waals surface area contributed by atoms with E-state index in [0.717, 1.165) is 22.3 Å². The number of benzene rings is 3. The number of sulfonamides is 1. The van der Waals surface area contributed by atoms with Crippen molar-refractivity contribution in [1.82, 2.24) is 4.72 Å². The molecule has 7 heteroatoms. The van der Waals surface area contributed by atoms with E-state index in [9.17, 15) is 13.2 Å². The number of rotatable bonds is 9. The predicted molar refractivity (Wildman–Crippen MR) is 136 cm³/mol. The van der Waals surface area contributed by atoms with Gasteiger partial charge in [0.1, 0.15) is 16.7 Å². The van der Waals surface area contributed by atoms with Gasteiger partial charge in [-0.1, -0.05) is 68.4 Å². The normalized spacial score (nSPS) is 12.4. The third-order valence-electron chi connectivity index (χ3n) is 5.77. The molecule has 34 heavy (non-hydrogen) atoms. The minimum absolute atomic E-state index is 0.0131. The van der Waals surface area contributed by atoms with E-state index in [2.05, 4.69) is 10.0 Å². The number of para-hydroxylation sites is 1. The predicted octanol–water partition coefficient (Wildman–Crippen LogP) is 4.96. The summed E-state index contributed by atoms with van der Waals surface area (Å²) in [6, 6.07) is 19.1. The Morgan fingerprint density at radius 3 is 2.18 bits per heavy atom. The van der Waals surface area contributed by atoms with Gasteiger partial charge in [0.2, 0.25) is 15.9 Å². The van der Waals surface area contributed by atoms with Crippen LogP contribution in [0.25, 0.3) is 0 Å². The summed E-state index contributed by atoms with van der Waals surface area (Å²) in [7, 11) is -2.64. The molecule has 0 aliphatic rings. The third-order valence-corrected chi connectivity index (χ3v) is 7.26. The molecular weight excluding hydrogens is 448 g/mol. The van der Waals surface area contributed by atoms with Crippen LogP contribution in [0.15, 0.2) is 71.6 Å². The Hall–Kier alpha value is -3.16. The second kappa shape index (κ2) is 10.8. The maximum atomic E-state index is 13.5. The van der Waals surface area contributed by atoms with Crippen LogP contribution in [0.3, 0.4) is 0 Å². The van der Waals surface area contributed by atoms with Crippen LogP contribution in [0, 0.1) is 13.8 Å². The number of amides is 1. The van der Waals surface area contributed by atoms with E-state index >= 15 is 0 Å². The lowest BCUT2D eigenvalue weighted by Gasteiger charge is -2.21. The van der Waals surface area contributed by atoms with Gasteiger partial charge in [-0.2, -0.15) is 4.72 Å². The van der Waals surface area contributed by atoms with Crippen molar-refractivity contribution in [3.05, 3.63) is 89.0 Å². The molecule has 0 saturated heterocycles. The zero-order valence-electron chi connectivity index (χ0n) is 20.3. The van der Waals surface area contributed by atoms with Crippen LogP contribution < -0.4 is 14.8 Å². The zero-order valence-corrected chi connectivity index (χ0v) is 21.1. The van der Waals surface area contributed by atoms with Gasteiger partial charge >= 0.3 is 0 Å². The van der Waals surface area contributed by atoms with Gasteiger partial charge in [0.15, 0.2) is 0 Å². The van der Waals surface area contributed by atoms with E-state index in [0.29, 0.717) is 5.69 Å². The molecule has 0 fully saturated rings. The molecule has 0 aliphatic heterocycles. The highest BCUT2D eigenvalue weighted by Crippen LogP contribution is 2.28. The quantitative estimate of drug-likeness (QED) is 0.453. The van der Waals surface area contributed by atoms with Gasteiger partial charge in [0.05, 0.1) is 7.11 Å². The molecule has 1 atom stereocenters. The molecule has 0 spiro atoms. The van der Waals surface area contributed by atoms with Crippen LogP contribution in [0.4, 0.5) is 5.69 Å². The van der Waals surface area contributed by atoms with Crippen molar-refractivity contribution in [2.45, 2.75) is 51.0 Å². The highest BCUT2D eigenvalue weighted by molar-refractivity contribution is 7.89. The summed E-state index contributed by atoms with van der Waals surface area (Å²) in [4.78, 5) is 13.4. The molecule has 0 heterocycles. The summed E-state index contributed by atoms with van der Waals surface area (Å²) in [5.41, 5.74) is 4.20. The van der Waals surface area contributed by atoms with Crippen LogP contribution in [-0.4, -0.2) is 27.5 Å². The SMILES string of the molecule is COc1ccc(C(C)C)cc1S(=O)(=O)NC(Cc1ccccc1)C(=O)Nc1c(C)cccc1C. The Morgan fingerprint density at radius 2 is 1.59 bits per heavy atom. The monoisotopic (exact) mass is 480 g/mol. The number of carbonyl (C=O) groups is 1. The van der Waals surface area contributed by atoms with Crippen LogP contribution in [-0.2, 0) is 21.2 Å². The Kier molecular flexibility index (Phi) is 8.12. The summed E-state index contributed by atoms with van der Waals surface area (Å²) in [6.45, 7) is 7.78. The first kappa shape index (κ1) is 25.5.